The van der Waals surface area contributed by atoms with Gasteiger partial charge in [0.2, 0.25) is 0 Å². The van der Waals surface area contributed by atoms with Gasteiger partial charge in [-0.3, -0.25) is 0 Å². The lowest BCUT2D eigenvalue weighted by Crippen LogP contribution is -2.16. The van der Waals surface area contributed by atoms with E-state index >= 15 is 0 Å². The smallest absolute Gasteiger partial charge is 0.0155 e. The van der Waals surface area contributed by atoms with Crippen LogP contribution in [0.5, 0.6) is 0 Å². The number of hydrogen-bond acceptors (Lipinski definition) is 0. The lowest BCUT2D eigenvalue weighted by molar-refractivity contribution is 0.652. The third kappa shape index (κ3) is 9.55. The van der Waals surface area contributed by atoms with Crippen LogP contribution >= 0.6 is 0 Å². The van der Waals surface area contributed by atoms with E-state index in [2.05, 4.69) is 222 Å². The Morgan fingerprint density at radius 3 is 1.76 bits per heavy atom. The van der Waals surface area contributed by atoms with Gasteiger partial charge in [-0.05, 0) is 173 Å². The Hall–Kier alpha value is -5.46. The normalized spacial score (nSPS) is 14.0. The van der Waals surface area contributed by atoms with E-state index in [1.165, 1.54) is 107 Å². The quantitative estimate of drug-likeness (QED) is 0.115. The molecule has 0 heteroatoms. The van der Waals surface area contributed by atoms with Crippen LogP contribution in [0.15, 0.2) is 157 Å². The van der Waals surface area contributed by atoms with Crippen molar-refractivity contribution in [1.82, 2.24) is 0 Å². The van der Waals surface area contributed by atoms with E-state index in [9.17, 15) is 0 Å². The molecular weight excluding hydrogens is 709 g/mol. The van der Waals surface area contributed by atoms with Crippen molar-refractivity contribution in [2.75, 3.05) is 0 Å². The Bertz CT molecular complexity index is 2510. The maximum atomic E-state index is 2.43. The number of rotatable bonds is 11. The van der Waals surface area contributed by atoms with Crippen LogP contribution in [0.2, 0.25) is 0 Å². The predicted octanol–water partition coefficient (Wildman–Crippen LogP) is 17.4. The molecule has 0 N–H and O–H groups in total. The first kappa shape index (κ1) is 43.1. The number of hydrogen-bond donors (Lipinski definition) is 0. The highest BCUT2D eigenvalue weighted by Crippen LogP contribution is 2.47. The van der Waals surface area contributed by atoms with Gasteiger partial charge in [-0.15, -0.1) is 0 Å². The maximum Gasteiger partial charge on any atom is 0.0155 e. The number of fused-ring (bicyclic) bond motifs is 1. The van der Waals surface area contributed by atoms with E-state index in [0.717, 1.165) is 19.3 Å². The molecule has 1 aliphatic rings. The topological polar surface area (TPSA) is 0 Å². The van der Waals surface area contributed by atoms with Crippen LogP contribution < -0.4 is 0 Å². The summed E-state index contributed by atoms with van der Waals surface area (Å²) in [5.41, 5.74) is 24.5. The summed E-state index contributed by atoms with van der Waals surface area (Å²) in [5, 5.41) is 0. The van der Waals surface area contributed by atoms with Crippen molar-refractivity contribution in [2.24, 2.45) is 0 Å². The summed E-state index contributed by atoms with van der Waals surface area (Å²) >= 11 is 0. The van der Waals surface area contributed by atoms with Crippen LogP contribution in [0.4, 0.5) is 0 Å². The van der Waals surface area contributed by atoms with Gasteiger partial charge < -0.3 is 0 Å². The SMILES string of the molecule is CC/C(C)=C/C=C\C1=C(C)c2cc(C(C)CC)ccc2C1(C)C.CCCc1ccccc1-c1cc(-c2cccc(-c3ccc(C)c(-c4ccccc4C)c3)c2)ccc1C. The summed E-state index contributed by atoms with van der Waals surface area (Å²) < 4.78 is 0. The molecule has 1 atom stereocenters. The lowest BCUT2D eigenvalue weighted by atomic mass is 9.80. The standard InChI is InChI=1S/C36H34.C23H32/c1-5-11-28-13-7-9-17-34(28)36-24-32(21-19-27(36)4)30-15-10-14-29(22-30)31-20-18-26(3)35(23-31)33-16-8-6-12-25(33)2;1-8-16(3)11-10-12-21-18(5)20-15-19(17(4)9-2)13-14-22(20)23(21,6)7/h6-10,12-24H,5,11H2,1-4H3;10-15,17H,8-9H2,1-7H3/b;12-10-,16-11+. The zero-order valence-electron chi connectivity index (χ0n) is 37.8. The van der Waals surface area contributed by atoms with Gasteiger partial charge in [0.05, 0.1) is 0 Å². The molecule has 0 bridgehead atoms. The summed E-state index contributed by atoms with van der Waals surface area (Å²) in [4.78, 5) is 0. The van der Waals surface area contributed by atoms with Gasteiger partial charge in [0.1, 0.15) is 0 Å². The average Bonchev–Trinajstić information content (AvgIpc) is 3.44. The van der Waals surface area contributed by atoms with Crippen molar-refractivity contribution in [2.45, 2.75) is 113 Å². The molecule has 0 saturated heterocycles. The molecule has 0 nitrogen and oxygen atoms in total. The van der Waals surface area contributed by atoms with Crippen molar-refractivity contribution in [1.29, 1.82) is 0 Å². The molecule has 0 spiro atoms. The Morgan fingerprint density at radius 1 is 0.576 bits per heavy atom. The molecule has 7 rings (SSSR count). The molecule has 302 valence electrons. The minimum absolute atomic E-state index is 0.0951. The fourth-order valence-corrected chi connectivity index (χ4v) is 8.69. The minimum Gasteiger partial charge on any atom is -0.0736 e. The van der Waals surface area contributed by atoms with Gasteiger partial charge in [0.25, 0.3) is 0 Å². The first-order chi connectivity index (χ1) is 28.4. The third-order valence-electron chi connectivity index (χ3n) is 12.8. The molecule has 6 aromatic rings. The summed E-state index contributed by atoms with van der Waals surface area (Å²) in [6.45, 7) is 24.8. The van der Waals surface area contributed by atoms with Crippen LogP contribution in [0.3, 0.4) is 0 Å². The van der Waals surface area contributed by atoms with Crippen LogP contribution in [0.25, 0.3) is 50.1 Å². The Labute approximate surface area is 357 Å². The van der Waals surface area contributed by atoms with E-state index < -0.39 is 0 Å². The molecule has 0 amide bonds. The maximum absolute atomic E-state index is 2.43. The average molecular weight is 775 g/mol. The number of allylic oxidation sites excluding steroid dienone is 6. The van der Waals surface area contributed by atoms with Gasteiger partial charge in [-0.2, -0.15) is 0 Å². The zero-order chi connectivity index (χ0) is 42.3. The van der Waals surface area contributed by atoms with Gasteiger partial charge in [0.15, 0.2) is 0 Å². The monoisotopic (exact) mass is 775 g/mol. The third-order valence-corrected chi connectivity index (χ3v) is 12.8. The van der Waals surface area contributed by atoms with Gasteiger partial charge in [-0.25, -0.2) is 0 Å². The van der Waals surface area contributed by atoms with Crippen molar-refractivity contribution >= 4 is 5.57 Å². The zero-order valence-corrected chi connectivity index (χ0v) is 37.8. The summed E-state index contributed by atoms with van der Waals surface area (Å²) in [6.07, 6.45) is 11.3. The van der Waals surface area contributed by atoms with E-state index in [1.807, 2.05) is 0 Å². The molecule has 0 fully saturated rings. The molecule has 0 aromatic heterocycles. The van der Waals surface area contributed by atoms with E-state index in [-0.39, 0.29) is 5.41 Å². The van der Waals surface area contributed by atoms with Crippen LogP contribution in [-0.4, -0.2) is 0 Å². The van der Waals surface area contributed by atoms with Crippen LogP contribution in [0.1, 0.15) is 120 Å². The van der Waals surface area contributed by atoms with E-state index in [4.69, 9.17) is 0 Å². The van der Waals surface area contributed by atoms with Crippen LogP contribution in [0, 0.1) is 20.8 Å². The lowest BCUT2D eigenvalue weighted by Gasteiger charge is -2.23. The fraction of sp³-hybridized carbons (Fsp3) is 0.288. The predicted molar refractivity (Wildman–Crippen MR) is 260 cm³/mol. The molecule has 1 unspecified atom stereocenters. The van der Waals surface area contributed by atoms with E-state index in [0.29, 0.717) is 5.92 Å². The summed E-state index contributed by atoms with van der Waals surface area (Å²) in [5.74, 6) is 0.631. The fourth-order valence-electron chi connectivity index (χ4n) is 8.69. The van der Waals surface area contributed by atoms with E-state index in [1.54, 1.807) is 0 Å². The minimum atomic E-state index is 0.0951. The first-order valence-corrected chi connectivity index (χ1v) is 22.0. The van der Waals surface area contributed by atoms with Gasteiger partial charge in [-0.1, -0.05) is 181 Å². The highest BCUT2D eigenvalue weighted by molar-refractivity contribution is 5.83. The van der Waals surface area contributed by atoms with Crippen molar-refractivity contribution < 1.29 is 0 Å². The number of benzene rings is 6. The molecule has 1 aliphatic carbocycles. The molecule has 0 heterocycles. The highest BCUT2D eigenvalue weighted by Gasteiger charge is 2.34. The molecule has 59 heavy (non-hydrogen) atoms. The molecular formula is C59H66. The summed E-state index contributed by atoms with van der Waals surface area (Å²) in [6, 6.07) is 47.3. The Morgan fingerprint density at radius 2 is 1.15 bits per heavy atom. The second-order valence-corrected chi connectivity index (χ2v) is 17.4. The van der Waals surface area contributed by atoms with Crippen molar-refractivity contribution in [3.63, 3.8) is 0 Å². The largest absolute Gasteiger partial charge is 0.0736 e. The second kappa shape index (κ2) is 19.1. The summed E-state index contributed by atoms with van der Waals surface area (Å²) in [7, 11) is 0. The Balaban J connectivity index is 0.000000220. The molecule has 0 saturated carbocycles. The van der Waals surface area contributed by atoms with Gasteiger partial charge in [0, 0.05) is 5.41 Å². The first-order valence-electron chi connectivity index (χ1n) is 22.0. The molecule has 0 aliphatic heterocycles. The van der Waals surface area contributed by atoms with Crippen molar-refractivity contribution in [3.05, 3.63) is 196 Å². The van der Waals surface area contributed by atoms with Crippen molar-refractivity contribution in [3.8, 4) is 44.5 Å². The Kier molecular flexibility index (Phi) is 13.9. The number of aryl methyl sites for hydroxylation is 4. The molecule has 6 aromatic carbocycles. The molecule has 0 radical (unpaired) electrons. The van der Waals surface area contributed by atoms with Gasteiger partial charge >= 0.3 is 0 Å². The second-order valence-electron chi connectivity index (χ2n) is 17.4. The highest BCUT2D eigenvalue weighted by atomic mass is 14.4. The van der Waals surface area contributed by atoms with Crippen LogP contribution in [-0.2, 0) is 11.8 Å².